The minimum Gasteiger partial charge on any atom is -0.278 e. The second kappa shape index (κ2) is 4.75. The van der Waals surface area contributed by atoms with E-state index in [0.29, 0.717) is 0 Å². The quantitative estimate of drug-likeness (QED) is 0.744. The van der Waals surface area contributed by atoms with Gasteiger partial charge < -0.3 is 0 Å². The van der Waals surface area contributed by atoms with Crippen LogP contribution in [0.25, 0.3) is 10.9 Å². The molecule has 0 atom stereocenters. The zero-order valence-corrected chi connectivity index (χ0v) is 11.0. The van der Waals surface area contributed by atoms with Gasteiger partial charge in [0.05, 0.1) is 5.52 Å². The Hall–Kier alpha value is -0.930. The first-order chi connectivity index (χ1) is 8.34. The Labute approximate surface area is 107 Å². The Balaban J connectivity index is 1.89. The van der Waals surface area contributed by atoms with E-state index >= 15 is 0 Å². The summed E-state index contributed by atoms with van der Waals surface area (Å²) in [6, 6.07) is 8.65. The van der Waals surface area contributed by atoms with Crippen LogP contribution in [0.3, 0.4) is 0 Å². The molecule has 0 bridgehead atoms. The molecule has 1 fully saturated rings. The van der Waals surface area contributed by atoms with Crippen molar-refractivity contribution in [3.05, 3.63) is 36.0 Å². The van der Waals surface area contributed by atoms with Gasteiger partial charge in [-0.05, 0) is 31.4 Å². The maximum atomic E-state index is 2.48. The van der Waals surface area contributed by atoms with Crippen LogP contribution in [0.2, 0.25) is 0 Å². The van der Waals surface area contributed by atoms with E-state index in [2.05, 4.69) is 45.7 Å². The normalized spacial score (nSPS) is 17.7. The molecule has 0 unspecified atom stereocenters. The lowest BCUT2D eigenvalue weighted by Gasteiger charge is -2.25. The number of rotatable bonds is 2. The van der Waals surface area contributed by atoms with Crippen LogP contribution < -0.4 is 0 Å². The summed E-state index contributed by atoms with van der Waals surface area (Å²) in [5, 5.41) is 1.37. The number of hydrogen-bond donors (Lipinski definition) is 0. The topological polar surface area (TPSA) is 8.17 Å². The highest BCUT2D eigenvalue weighted by Crippen LogP contribution is 2.27. The van der Waals surface area contributed by atoms with Gasteiger partial charge in [-0.15, -0.1) is 0 Å². The molecule has 2 heterocycles. The summed E-state index contributed by atoms with van der Waals surface area (Å²) in [7, 11) is 0. The number of para-hydroxylation sites is 1. The number of nitrogens with zero attached hydrogens (tertiary/aromatic N) is 2. The second-order valence-corrected chi connectivity index (χ2v) is 5.80. The van der Waals surface area contributed by atoms with Gasteiger partial charge in [-0.2, -0.15) is 0 Å². The highest BCUT2D eigenvalue weighted by Gasteiger charge is 2.13. The first-order valence-corrected chi connectivity index (χ1v) is 7.08. The lowest BCUT2D eigenvalue weighted by molar-refractivity contribution is 0.379. The fourth-order valence-electron chi connectivity index (χ4n) is 2.45. The molecule has 17 heavy (non-hydrogen) atoms. The fourth-order valence-corrected chi connectivity index (χ4v) is 3.58. The van der Waals surface area contributed by atoms with E-state index in [0.717, 1.165) is 0 Å². The standard InChI is InChI=1S/C14H18N2S/c1-12-11-16(14-8-4-3-7-13(12)14)17-15-9-5-2-6-10-15/h3-4,7-8,11H,2,5-6,9-10H2,1H3. The molecule has 2 aromatic rings. The van der Waals surface area contributed by atoms with Crippen molar-refractivity contribution >= 4 is 23.0 Å². The number of aromatic nitrogens is 1. The van der Waals surface area contributed by atoms with Crippen molar-refractivity contribution in [3.8, 4) is 0 Å². The first kappa shape index (κ1) is 11.2. The summed E-state index contributed by atoms with van der Waals surface area (Å²) in [5.74, 6) is 0. The zero-order valence-electron chi connectivity index (χ0n) is 10.2. The molecule has 90 valence electrons. The minimum atomic E-state index is 1.22. The van der Waals surface area contributed by atoms with Crippen LogP contribution in [0, 0.1) is 6.92 Å². The van der Waals surface area contributed by atoms with Crippen LogP contribution in [0.4, 0.5) is 0 Å². The Bertz CT molecular complexity index is 512. The Morgan fingerprint density at radius 2 is 1.82 bits per heavy atom. The Morgan fingerprint density at radius 1 is 1.06 bits per heavy atom. The molecular weight excluding hydrogens is 228 g/mol. The Morgan fingerprint density at radius 3 is 2.65 bits per heavy atom. The first-order valence-electron chi connectivity index (χ1n) is 6.35. The van der Waals surface area contributed by atoms with Gasteiger partial charge in [-0.1, -0.05) is 24.6 Å². The molecule has 1 aromatic heterocycles. The van der Waals surface area contributed by atoms with Crippen LogP contribution in [-0.2, 0) is 0 Å². The highest BCUT2D eigenvalue weighted by molar-refractivity contribution is 7.95. The van der Waals surface area contributed by atoms with E-state index in [4.69, 9.17) is 0 Å². The average Bonchev–Trinajstić information content (AvgIpc) is 2.69. The summed E-state index contributed by atoms with van der Waals surface area (Å²) >= 11 is 1.86. The number of aryl methyl sites for hydroxylation is 1. The van der Waals surface area contributed by atoms with E-state index < -0.39 is 0 Å². The molecule has 3 rings (SSSR count). The molecule has 0 aliphatic carbocycles. The van der Waals surface area contributed by atoms with Crippen LogP contribution in [-0.4, -0.2) is 21.4 Å². The average molecular weight is 246 g/mol. The summed E-state index contributed by atoms with van der Waals surface area (Å²) in [4.78, 5) is 0. The summed E-state index contributed by atoms with van der Waals surface area (Å²) in [6.45, 7) is 4.63. The van der Waals surface area contributed by atoms with Gasteiger partial charge in [0.25, 0.3) is 0 Å². The number of benzene rings is 1. The summed E-state index contributed by atoms with van der Waals surface area (Å²) < 4.78 is 4.80. The van der Waals surface area contributed by atoms with Crippen molar-refractivity contribution in [2.45, 2.75) is 26.2 Å². The van der Waals surface area contributed by atoms with Crippen molar-refractivity contribution < 1.29 is 0 Å². The molecule has 0 spiro atoms. The molecule has 3 heteroatoms. The van der Waals surface area contributed by atoms with Crippen molar-refractivity contribution in [2.24, 2.45) is 0 Å². The maximum Gasteiger partial charge on any atom is 0.0606 e. The molecule has 0 radical (unpaired) electrons. The lowest BCUT2D eigenvalue weighted by Crippen LogP contribution is -2.24. The van der Waals surface area contributed by atoms with Crippen LogP contribution in [0.5, 0.6) is 0 Å². The van der Waals surface area contributed by atoms with E-state index in [1.165, 1.54) is 48.8 Å². The predicted molar refractivity (Wildman–Crippen MR) is 75.1 cm³/mol. The maximum absolute atomic E-state index is 2.48. The number of piperidine rings is 1. The van der Waals surface area contributed by atoms with Crippen LogP contribution in [0.15, 0.2) is 30.5 Å². The minimum absolute atomic E-state index is 1.22. The van der Waals surface area contributed by atoms with Gasteiger partial charge in [-0.3, -0.25) is 3.97 Å². The third-order valence-electron chi connectivity index (χ3n) is 3.40. The number of fused-ring (bicyclic) bond motifs is 1. The van der Waals surface area contributed by atoms with Crippen molar-refractivity contribution in [1.82, 2.24) is 8.28 Å². The molecule has 0 N–H and O–H groups in total. The van der Waals surface area contributed by atoms with Gasteiger partial charge in [-0.25, -0.2) is 4.31 Å². The molecule has 0 saturated carbocycles. The molecule has 1 aliphatic rings. The molecule has 1 aromatic carbocycles. The van der Waals surface area contributed by atoms with E-state index in [-0.39, 0.29) is 0 Å². The largest absolute Gasteiger partial charge is 0.278 e. The second-order valence-electron chi connectivity index (χ2n) is 4.73. The summed E-state index contributed by atoms with van der Waals surface area (Å²) in [6.07, 6.45) is 6.32. The SMILES string of the molecule is Cc1cn(SN2CCCCC2)c2ccccc12. The van der Waals surface area contributed by atoms with Gasteiger partial charge >= 0.3 is 0 Å². The zero-order chi connectivity index (χ0) is 11.7. The van der Waals surface area contributed by atoms with E-state index in [1.807, 2.05) is 12.1 Å². The fraction of sp³-hybridized carbons (Fsp3) is 0.429. The van der Waals surface area contributed by atoms with Crippen molar-refractivity contribution in [2.75, 3.05) is 13.1 Å². The summed E-state index contributed by atoms with van der Waals surface area (Å²) in [5.41, 5.74) is 2.70. The van der Waals surface area contributed by atoms with Crippen molar-refractivity contribution in [3.63, 3.8) is 0 Å². The third-order valence-corrected chi connectivity index (χ3v) is 4.47. The number of hydrogen-bond acceptors (Lipinski definition) is 2. The molecule has 1 saturated heterocycles. The van der Waals surface area contributed by atoms with Gasteiger partial charge in [0.1, 0.15) is 0 Å². The van der Waals surface area contributed by atoms with E-state index in [9.17, 15) is 0 Å². The van der Waals surface area contributed by atoms with Gasteiger partial charge in [0, 0.05) is 36.8 Å². The smallest absolute Gasteiger partial charge is 0.0606 e. The molecule has 2 nitrogen and oxygen atoms in total. The van der Waals surface area contributed by atoms with Crippen LogP contribution >= 0.6 is 12.1 Å². The molecular formula is C14H18N2S. The molecule has 0 amide bonds. The molecule has 1 aliphatic heterocycles. The van der Waals surface area contributed by atoms with Gasteiger partial charge in [0.2, 0.25) is 0 Å². The van der Waals surface area contributed by atoms with Gasteiger partial charge in [0.15, 0.2) is 0 Å². The van der Waals surface area contributed by atoms with Crippen LogP contribution in [0.1, 0.15) is 24.8 Å². The lowest BCUT2D eigenvalue weighted by atomic mass is 10.2. The highest BCUT2D eigenvalue weighted by atomic mass is 32.2. The monoisotopic (exact) mass is 246 g/mol. The van der Waals surface area contributed by atoms with E-state index in [1.54, 1.807) is 0 Å². The third kappa shape index (κ3) is 2.22. The predicted octanol–water partition coefficient (Wildman–Crippen LogP) is 3.85. The Kier molecular flexibility index (Phi) is 3.12. The van der Waals surface area contributed by atoms with Crippen molar-refractivity contribution in [1.29, 1.82) is 0 Å².